The van der Waals surface area contributed by atoms with Crippen molar-refractivity contribution in [2.75, 3.05) is 6.61 Å². The first-order chi connectivity index (χ1) is 16.2. The second-order valence-corrected chi connectivity index (χ2v) is 7.66. The molecule has 0 aromatic heterocycles. The van der Waals surface area contributed by atoms with Gasteiger partial charge in [-0.15, -0.1) is 0 Å². The summed E-state index contributed by atoms with van der Waals surface area (Å²) < 4.78 is 49.9. The average molecular weight is 491 g/mol. The van der Waals surface area contributed by atoms with Crippen molar-refractivity contribution in [1.29, 1.82) is 0 Å². The molecular formula is C25H22ClF3N2O3. The maximum Gasteiger partial charge on any atom is 0.416 e. The number of hydrazone groups is 1. The first-order valence-electron chi connectivity index (χ1n) is 10.4. The van der Waals surface area contributed by atoms with Gasteiger partial charge in [-0.3, -0.25) is 4.79 Å². The minimum atomic E-state index is -4.46. The third-order valence-electron chi connectivity index (χ3n) is 4.60. The molecule has 0 atom stereocenters. The molecule has 0 unspecified atom stereocenters. The summed E-state index contributed by atoms with van der Waals surface area (Å²) in [4.78, 5) is 12.1. The number of rotatable bonds is 9. The van der Waals surface area contributed by atoms with Gasteiger partial charge in [0.2, 0.25) is 5.91 Å². The van der Waals surface area contributed by atoms with Crippen molar-refractivity contribution in [3.8, 4) is 11.5 Å². The van der Waals surface area contributed by atoms with Crippen molar-refractivity contribution < 1.29 is 27.4 Å². The van der Waals surface area contributed by atoms with E-state index in [1.54, 1.807) is 30.3 Å². The van der Waals surface area contributed by atoms with Gasteiger partial charge in [-0.1, -0.05) is 41.9 Å². The highest BCUT2D eigenvalue weighted by atomic mass is 35.5. The topological polar surface area (TPSA) is 59.9 Å². The van der Waals surface area contributed by atoms with E-state index >= 15 is 0 Å². The van der Waals surface area contributed by atoms with Crippen molar-refractivity contribution in [2.24, 2.45) is 5.10 Å². The lowest BCUT2D eigenvalue weighted by Gasteiger charge is -2.12. The molecule has 0 spiro atoms. The minimum Gasteiger partial charge on any atom is -0.490 e. The van der Waals surface area contributed by atoms with Gasteiger partial charge in [-0.25, -0.2) is 5.43 Å². The second-order valence-electron chi connectivity index (χ2n) is 7.22. The lowest BCUT2D eigenvalue weighted by molar-refractivity contribution is -0.137. The number of alkyl halides is 3. The van der Waals surface area contributed by atoms with Crippen molar-refractivity contribution in [3.05, 3.63) is 94.0 Å². The first kappa shape index (κ1) is 25.1. The molecule has 0 fully saturated rings. The fraction of sp³-hybridized carbons (Fsp3) is 0.200. The molecular weight excluding hydrogens is 469 g/mol. The summed E-state index contributed by atoms with van der Waals surface area (Å²) in [5.41, 5.74) is 3.34. The summed E-state index contributed by atoms with van der Waals surface area (Å²) in [7, 11) is 0. The highest BCUT2D eigenvalue weighted by molar-refractivity contribution is 6.30. The fourth-order valence-electron chi connectivity index (χ4n) is 3.00. The summed E-state index contributed by atoms with van der Waals surface area (Å²) >= 11 is 5.90. The van der Waals surface area contributed by atoms with Gasteiger partial charge >= 0.3 is 6.18 Å². The normalized spacial score (nSPS) is 11.4. The van der Waals surface area contributed by atoms with Crippen LogP contribution in [0, 0.1) is 0 Å². The Labute approximate surface area is 200 Å². The van der Waals surface area contributed by atoms with Gasteiger partial charge in [0.05, 0.1) is 24.8 Å². The van der Waals surface area contributed by atoms with Crippen LogP contribution in [-0.4, -0.2) is 18.7 Å². The number of hydrogen-bond donors (Lipinski definition) is 1. The average Bonchev–Trinajstić information content (AvgIpc) is 2.79. The molecule has 0 aliphatic carbocycles. The molecule has 1 amide bonds. The molecule has 0 aliphatic rings. The Morgan fingerprint density at radius 1 is 1.00 bits per heavy atom. The summed E-state index contributed by atoms with van der Waals surface area (Å²) in [5.74, 6) is 0.516. The number of ether oxygens (including phenoxy) is 2. The molecule has 0 heterocycles. The quantitative estimate of drug-likeness (QED) is 0.294. The third kappa shape index (κ3) is 7.52. The zero-order valence-corrected chi connectivity index (χ0v) is 19.0. The van der Waals surface area contributed by atoms with Crippen LogP contribution in [0.1, 0.15) is 29.2 Å². The number of halogens is 4. The summed E-state index contributed by atoms with van der Waals surface area (Å²) in [6.07, 6.45) is -3.29. The van der Waals surface area contributed by atoms with E-state index in [0.717, 1.165) is 17.7 Å². The Kier molecular flexibility index (Phi) is 8.54. The van der Waals surface area contributed by atoms with E-state index in [0.29, 0.717) is 35.3 Å². The number of hydrogen-bond acceptors (Lipinski definition) is 4. The Morgan fingerprint density at radius 2 is 1.76 bits per heavy atom. The minimum absolute atomic E-state index is 0.233. The van der Waals surface area contributed by atoms with Gasteiger partial charge in [-0.05, 0) is 60.0 Å². The smallest absolute Gasteiger partial charge is 0.416 e. The standard InChI is InChI=1S/C25H22ClF3N2O3/c1-2-33-23-13-19(8-11-22(23)34-16-17-6-9-21(26)10-7-17)15-30-31-24(32)14-18-4-3-5-20(12-18)25(27,28)29/h3-13,15H,2,14,16H2,1H3,(H,31,32)/b30-15+. The molecule has 178 valence electrons. The summed E-state index contributed by atoms with van der Waals surface area (Å²) in [5, 5.41) is 4.53. The van der Waals surface area contributed by atoms with Gasteiger partial charge in [0.1, 0.15) is 6.61 Å². The Balaban J connectivity index is 1.60. The number of nitrogens with one attached hydrogen (secondary N) is 1. The Hall–Kier alpha value is -3.52. The van der Waals surface area contributed by atoms with E-state index in [9.17, 15) is 18.0 Å². The van der Waals surface area contributed by atoms with Crippen LogP contribution in [0.3, 0.4) is 0 Å². The number of carbonyl (C=O) groups is 1. The highest BCUT2D eigenvalue weighted by Crippen LogP contribution is 2.30. The van der Waals surface area contributed by atoms with E-state index < -0.39 is 17.6 Å². The molecule has 0 saturated heterocycles. The van der Waals surface area contributed by atoms with Crippen molar-refractivity contribution in [1.82, 2.24) is 5.43 Å². The van der Waals surface area contributed by atoms with Crippen LogP contribution in [0.5, 0.6) is 11.5 Å². The van der Waals surface area contributed by atoms with Crippen LogP contribution in [0.2, 0.25) is 5.02 Å². The Morgan fingerprint density at radius 3 is 2.47 bits per heavy atom. The van der Waals surface area contributed by atoms with E-state index in [1.165, 1.54) is 18.3 Å². The van der Waals surface area contributed by atoms with Gasteiger partial charge in [0, 0.05) is 5.02 Å². The van der Waals surface area contributed by atoms with E-state index in [2.05, 4.69) is 10.5 Å². The molecule has 0 radical (unpaired) electrons. The van der Waals surface area contributed by atoms with Crippen LogP contribution >= 0.6 is 11.6 Å². The van der Waals surface area contributed by atoms with E-state index in [1.807, 2.05) is 19.1 Å². The number of benzene rings is 3. The summed E-state index contributed by atoms with van der Waals surface area (Å²) in [6, 6.07) is 17.1. The third-order valence-corrected chi connectivity index (χ3v) is 4.85. The SMILES string of the molecule is CCOc1cc(/C=N/NC(=O)Cc2cccc(C(F)(F)F)c2)ccc1OCc1ccc(Cl)cc1. The Bertz CT molecular complexity index is 1150. The van der Waals surface area contributed by atoms with Crippen molar-refractivity contribution in [3.63, 3.8) is 0 Å². The van der Waals surface area contributed by atoms with E-state index in [4.69, 9.17) is 21.1 Å². The van der Waals surface area contributed by atoms with Crippen LogP contribution in [0.15, 0.2) is 71.8 Å². The number of amides is 1. The maximum absolute atomic E-state index is 12.8. The largest absolute Gasteiger partial charge is 0.490 e. The second kappa shape index (κ2) is 11.6. The van der Waals surface area contributed by atoms with Gasteiger partial charge in [0.25, 0.3) is 0 Å². The summed E-state index contributed by atoms with van der Waals surface area (Å²) in [6.45, 7) is 2.60. The molecule has 3 aromatic carbocycles. The molecule has 0 saturated carbocycles. The zero-order chi connectivity index (χ0) is 24.6. The lowest BCUT2D eigenvalue weighted by Crippen LogP contribution is -2.20. The predicted molar refractivity (Wildman–Crippen MR) is 124 cm³/mol. The van der Waals surface area contributed by atoms with E-state index in [-0.39, 0.29) is 12.0 Å². The van der Waals surface area contributed by atoms with Crippen LogP contribution in [-0.2, 0) is 24.0 Å². The lowest BCUT2D eigenvalue weighted by atomic mass is 10.1. The monoisotopic (exact) mass is 490 g/mol. The molecule has 9 heteroatoms. The van der Waals surface area contributed by atoms with Crippen molar-refractivity contribution >= 4 is 23.7 Å². The van der Waals surface area contributed by atoms with Gasteiger partial charge in [-0.2, -0.15) is 18.3 Å². The molecule has 0 bridgehead atoms. The molecule has 3 rings (SSSR count). The molecule has 0 aliphatic heterocycles. The van der Waals surface area contributed by atoms with Gasteiger partial charge < -0.3 is 9.47 Å². The predicted octanol–water partition coefficient (Wildman–Crippen LogP) is 6.03. The number of carbonyl (C=O) groups excluding carboxylic acids is 1. The molecule has 5 nitrogen and oxygen atoms in total. The van der Waals surface area contributed by atoms with Gasteiger partial charge in [0.15, 0.2) is 11.5 Å². The van der Waals surface area contributed by atoms with Crippen LogP contribution < -0.4 is 14.9 Å². The number of nitrogens with zero attached hydrogens (tertiary/aromatic N) is 1. The highest BCUT2D eigenvalue weighted by Gasteiger charge is 2.30. The molecule has 34 heavy (non-hydrogen) atoms. The fourth-order valence-corrected chi connectivity index (χ4v) is 3.12. The molecule has 1 N–H and O–H groups in total. The molecule has 3 aromatic rings. The van der Waals surface area contributed by atoms with Crippen LogP contribution in [0.25, 0.3) is 0 Å². The van der Waals surface area contributed by atoms with Crippen molar-refractivity contribution in [2.45, 2.75) is 26.1 Å². The van der Waals surface area contributed by atoms with Crippen LogP contribution in [0.4, 0.5) is 13.2 Å². The zero-order valence-electron chi connectivity index (χ0n) is 18.2. The first-order valence-corrected chi connectivity index (χ1v) is 10.7. The maximum atomic E-state index is 12.8.